The molecule has 0 aliphatic heterocycles. The first-order valence-electron chi connectivity index (χ1n) is 9.64. The van der Waals surface area contributed by atoms with E-state index in [4.69, 9.17) is 11.5 Å². The molecule has 4 aromatic rings. The monoisotopic (exact) mass is 362 g/mol. The van der Waals surface area contributed by atoms with E-state index >= 15 is 0 Å². The minimum Gasteiger partial charge on any atom is -0.400 e. The lowest BCUT2D eigenvalue weighted by molar-refractivity contribution is 0.843. The lowest BCUT2D eigenvalue weighted by Crippen LogP contribution is -2.21. The van der Waals surface area contributed by atoms with Crippen LogP contribution in [0.1, 0.15) is 28.3 Å². The Morgan fingerprint density at radius 1 is 0.714 bits per heavy atom. The van der Waals surface area contributed by atoms with Crippen LogP contribution in [0.2, 0.25) is 0 Å². The molecule has 0 amide bonds. The van der Waals surface area contributed by atoms with Gasteiger partial charge in [-0.05, 0) is 56.3 Å². The van der Waals surface area contributed by atoms with Gasteiger partial charge in [-0.25, -0.2) is 0 Å². The topological polar surface area (TPSA) is 52.0 Å². The van der Waals surface area contributed by atoms with Crippen LogP contribution in [-0.4, -0.2) is 0 Å². The summed E-state index contributed by atoms with van der Waals surface area (Å²) in [5, 5.41) is 5.26. The first-order valence-corrected chi connectivity index (χ1v) is 9.64. The van der Waals surface area contributed by atoms with Crippen molar-refractivity contribution in [2.75, 3.05) is 0 Å². The molecule has 0 fully saturated rings. The van der Waals surface area contributed by atoms with Crippen LogP contribution in [0.3, 0.4) is 0 Å². The molecule has 4 aromatic carbocycles. The van der Waals surface area contributed by atoms with E-state index in [1.54, 1.807) is 0 Å². The fourth-order valence-corrected chi connectivity index (χ4v) is 4.30. The Labute approximate surface area is 164 Å². The van der Waals surface area contributed by atoms with Gasteiger partial charge in [0.25, 0.3) is 0 Å². The molecule has 136 valence electrons. The minimum atomic E-state index is -0.163. The van der Waals surface area contributed by atoms with E-state index in [1.807, 2.05) is 18.2 Å². The van der Waals surface area contributed by atoms with Crippen LogP contribution in [0, 0.1) is 0 Å². The van der Waals surface area contributed by atoms with Gasteiger partial charge < -0.3 is 11.5 Å². The highest BCUT2D eigenvalue weighted by Crippen LogP contribution is 2.34. The van der Waals surface area contributed by atoms with Gasteiger partial charge in [-0.15, -0.1) is 0 Å². The molecular formula is C26H22N2. The average molecular weight is 362 g/mol. The Bertz CT molecular complexity index is 1250. The molecule has 0 spiro atoms. The van der Waals surface area contributed by atoms with Crippen molar-refractivity contribution in [3.05, 3.63) is 107 Å². The van der Waals surface area contributed by atoms with Crippen molar-refractivity contribution in [2.45, 2.75) is 12.5 Å². The van der Waals surface area contributed by atoms with Crippen molar-refractivity contribution in [1.29, 1.82) is 0 Å². The van der Waals surface area contributed by atoms with E-state index in [2.05, 4.69) is 72.8 Å². The first-order chi connectivity index (χ1) is 13.7. The minimum absolute atomic E-state index is 0.163. The third-order valence-electron chi connectivity index (χ3n) is 5.64. The highest BCUT2D eigenvalue weighted by molar-refractivity contribution is 5.96. The fourth-order valence-electron chi connectivity index (χ4n) is 4.30. The van der Waals surface area contributed by atoms with Crippen molar-refractivity contribution < 1.29 is 0 Å². The quantitative estimate of drug-likeness (QED) is 0.430. The van der Waals surface area contributed by atoms with E-state index in [0.717, 1.165) is 17.7 Å². The first kappa shape index (κ1) is 16.8. The Balaban J connectivity index is 0.000000123. The molecule has 2 heteroatoms. The predicted octanol–water partition coefficient (Wildman–Crippen LogP) is 5.56. The van der Waals surface area contributed by atoms with Gasteiger partial charge in [0.2, 0.25) is 0 Å². The van der Waals surface area contributed by atoms with Gasteiger partial charge in [0.15, 0.2) is 0 Å². The number of nitrogens with two attached hydrogens (primary N) is 2. The van der Waals surface area contributed by atoms with Gasteiger partial charge in [-0.1, -0.05) is 84.9 Å². The second kappa shape index (κ2) is 6.66. The Kier molecular flexibility index (Phi) is 4.00. The molecular weight excluding hydrogens is 340 g/mol. The maximum Gasteiger partial charge on any atom is 0.0705 e. The molecule has 0 bridgehead atoms. The third-order valence-corrected chi connectivity index (χ3v) is 5.64. The van der Waals surface area contributed by atoms with Crippen molar-refractivity contribution in [2.24, 2.45) is 11.5 Å². The molecule has 0 saturated heterocycles. The van der Waals surface area contributed by atoms with Crippen LogP contribution < -0.4 is 11.5 Å². The van der Waals surface area contributed by atoms with Gasteiger partial charge in [-0.3, -0.25) is 0 Å². The second-order valence-corrected chi connectivity index (χ2v) is 7.38. The lowest BCUT2D eigenvalue weighted by atomic mass is 9.89. The van der Waals surface area contributed by atoms with Gasteiger partial charge in [0, 0.05) is 5.70 Å². The summed E-state index contributed by atoms with van der Waals surface area (Å²) < 4.78 is 0. The van der Waals surface area contributed by atoms with E-state index in [0.29, 0.717) is 0 Å². The average Bonchev–Trinajstić information content (AvgIpc) is 2.73. The van der Waals surface area contributed by atoms with E-state index in [-0.39, 0.29) is 6.04 Å². The van der Waals surface area contributed by atoms with Crippen molar-refractivity contribution in [1.82, 2.24) is 0 Å². The smallest absolute Gasteiger partial charge is 0.0705 e. The maximum atomic E-state index is 6.06. The van der Waals surface area contributed by atoms with Crippen molar-refractivity contribution >= 4 is 33.7 Å². The van der Waals surface area contributed by atoms with E-state index in [1.165, 1.54) is 38.2 Å². The predicted molar refractivity (Wildman–Crippen MR) is 120 cm³/mol. The molecule has 1 atom stereocenters. The second-order valence-electron chi connectivity index (χ2n) is 7.38. The Morgan fingerprint density at radius 3 is 2.14 bits per heavy atom. The zero-order chi connectivity index (χ0) is 19.1. The number of benzene rings is 4. The number of hydrogen-bond donors (Lipinski definition) is 2. The normalized spacial score (nSPS) is 16.5. The van der Waals surface area contributed by atoms with Gasteiger partial charge >= 0.3 is 0 Å². The molecule has 0 saturated carbocycles. The molecule has 6 rings (SSSR count). The van der Waals surface area contributed by atoms with Gasteiger partial charge in [0.05, 0.1) is 6.04 Å². The van der Waals surface area contributed by atoms with E-state index < -0.39 is 0 Å². The zero-order valence-corrected chi connectivity index (χ0v) is 15.6. The summed E-state index contributed by atoms with van der Waals surface area (Å²) >= 11 is 0. The van der Waals surface area contributed by atoms with Crippen LogP contribution in [0.25, 0.3) is 33.7 Å². The van der Waals surface area contributed by atoms with Crippen LogP contribution >= 0.6 is 0 Å². The Morgan fingerprint density at radius 2 is 1.36 bits per heavy atom. The van der Waals surface area contributed by atoms with Crippen LogP contribution in [0.5, 0.6) is 0 Å². The molecule has 0 aromatic heterocycles. The summed E-state index contributed by atoms with van der Waals surface area (Å²) in [5.74, 6) is 0. The molecule has 4 N–H and O–H groups in total. The summed E-state index contributed by atoms with van der Waals surface area (Å²) in [7, 11) is 0. The highest BCUT2D eigenvalue weighted by Gasteiger charge is 2.18. The van der Waals surface area contributed by atoms with Gasteiger partial charge in [-0.2, -0.15) is 0 Å². The van der Waals surface area contributed by atoms with E-state index in [9.17, 15) is 0 Å². The third kappa shape index (κ3) is 2.70. The van der Waals surface area contributed by atoms with Crippen molar-refractivity contribution in [3.8, 4) is 0 Å². The number of allylic oxidation sites excluding steroid dienone is 1. The maximum absolute atomic E-state index is 6.06. The summed E-state index contributed by atoms with van der Waals surface area (Å²) in [6.45, 7) is 0. The summed E-state index contributed by atoms with van der Waals surface area (Å²) in [4.78, 5) is 0. The highest BCUT2D eigenvalue weighted by atomic mass is 14.7. The molecule has 2 nitrogen and oxygen atoms in total. The van der Waals surface area contributed by atoms with Gasteiger partial charge in [0.1, 0.15) is 0 Å². The summed E-state index contributed by atoms with van der Waals surface area (Å²) in [5.41, 5.74) is 17.8. The lowest BCUT2D eigenvalue weighted by Gasteiger charge is -2.21. The van der Waals surface area contributed by atoms with Crippen LogP contribution in [-0.2, 0) is 6.42 Å². The van der Waals surface area contributed by atoms with Crippen LogP contribution in [0.15, 0.2) is 84.6 Å². The SMILES string of the molecule is C1=Cc2cccc3cccc(c23)C1.NC1=Cc2cccc3cccc(c23)C1N. The summed E-state index contributed by atoms with van der Waals surface area (Å²) in [6, 6.07) is 25.3. The standard InChI is InChI=1S/C13H12N2.C13H10/c14-11-7-9-5-1-3-8-4-2-6-10(12(8)9)13(11)15;1-4-10-6-2-8-12-9-3-7-11(5-1)13(10)12/h1-7,13H,14-15H2;1-8H,9H2. The molecule has 1 unspecified atom stereocenters. The summed E-state index contributed by atoms with van der Waals surface area (Å²) in [6.07, 6.45) is 7.50. The van der Waals surface area contributed by atoms with Crippen LogP contribution in [0.4, 0.5) is 0 Å². The molecule has 2 aliphatic carbocycles. The molecule has 0 heterocycles. The molecule has 28 heavy (non-hydrogen) atoms. The molecule has 2 aliphatic rings. The number of rotatable bonds is 0. The Hall–Kier alpha value is -3.36. The fraction of sp³-hybridized carbons (Fsp3) is 0.0769. The molecule has 0 radical (unpaired) electrons. The largest absolute Gasteiger partial charge is 0.400 e. The number of hydrogen-bond acceptors (Lipinski definition) is 2. The zero-order valence-electron chi connectivity index (χ0n) is 15.6. The van der Waals surface area contributed by atoms with Crippen molar-refractivity contribution in [3.63, 3.8) is 0 Å².